The first-order valence-corrected chi connectivity index (χ1v) is 8.72. The molecule has 1 unspecified atom stereocenters. The number of rotatable bonds is 8. The van der Waals surface area contributed by atoms with Crippen molar-refractivity contribution < 1.29 is 14.2 Å². The molecule has 6 heteroatoms. The summed E-state index contributed by atoms with van der Waals surface area (Å²) in [7, 11) is 2.01. The van der Waals surface area contributed by atoms with E-state index in [2.05, 4.69) is 20.9 Å². The maximum absolute atomic E-state index is 5.80. The Morgan fingerprint density at radius 3 is 2.60 bits per heavy atom. The van der Waals surface area contributed by atoms with E-state index in [1.54, 1.807) is 6.33 Å². The molecule has 0 saturated carbocycles. The summed E-state index contributed by atoms with van der Waals surface area (Å²) in [5.74, 6) is 2.99. The molecular formula is C19H25N3O3. The molecule has 134 valence electrons. The Balaban J connectivity index is 1.50. The van der Waals surface area contributed by atoms with Gasteiger partial charge in [0, 0.05) is 25.6 Å². The molecule has 25 heavy (non-hydrogen) atoms. The second-order valence-corrected chi connectivity index (χ2v) is 6.04. The zero-order valence-electron chi connectivity index (χ0n) is 14.9. The molecule has 0 bridgehead atoms. The molecule has 1 fully saturated rings. The number of aromatic nitrogens is 2. The van der Waals surface area contributed by atoms with E-state index in [9.17, 15) is 0 Å². The standard InChI is InChI=1S/C19H25N3O3/c1-3-24-16-4-6-17(7-5-16)25-11-9-22(2)19-12-18(20-14-21-19)15-8-10-23-13-15/h4-7,12,14-15H,3,8-11,13H2,1-2H3. The maximum Gasteiger partial charge on any atom is 0.132 e. The summed E-state index contributed by atoms with van der Waals surface area (Å²) < 4.78 is 16.7. The highest BCUT2D eigenvalue weighted by Crippen LogP contribution is 2.25. The lowest BCUT2D eigenvalue weighted by molar-refractivity contribution is 0.193. The van der Waals surface area contributed by atoms with Crippen molar-refractivity contribution in [1.82, 2.24) is 9.97 Å². The number of benzene rings is 1. The highest BCUT2D eigenvalue weighted by atomic mass is 16.5. The number of nitrogens with zero attached hydrogens (tertiary/aromatic N) is 3. The van der Waals surface area contributed by atoms with Crippen LogP contribution >= 0.6 is 0 Å². The lowest BCUT2D eigenvalue weighted by Gasteiger charge is -2.19. The third-order valence-electron chi connectivity index (χ3n) is 4.24. The van der Waals surface area contributed by atoms with Crippen LogP contribution in [0.5, 0.6) is 11.5 Å². The topological polar surface area (TPSA) is 56.7 Å². The van der Waals surface area contributed by atoms with Crippen molar-refractivity contribution in [1.29, 1.82) is 0 Å². The fourth-order valence-electron chi connectivity index (χ4n) is 2.78. The van der Waals surface area contributed by atoms with Crippen LogP contribution in [-0.4, -0.2) is 50.0 Å². The van der Waals surface area contributed by atoms with E-state index in [-0.39, 0.29) is 0 Å². The Morgan fingerprint density at radius 1 is 1.16 bits per heavy atom. The van der Waals surface area contributed by atoms with Crippen molar-refractivity contribution in [2.45, 2.75) is 19.3 Å². The van der Waals surface area contributed by atoms with Gasteiger partial charge in [-0.05, 0) is 37.6 Å². The highest BCUT2D eigenvalue weighted by molar-refractivity contribution is 5.39. The van der Waals surface area contributed by atoms with Gasteiger partial charge >= 0.3 is 0 Å². The molecule has 6 nitrogen and oxygen atoms in total. The van der Waals surface area contributed by atoms with Crippen LogP contribution in [0, 0.1) is 0 Å². The molecular weight excluding hydrogens is 318 g/mol. The zero-order valence-corrected chi connectivity index (χ0v) is 14.9. The summed E-state index contributed by atoms with van der Waals surface area (Å²) in [5.41, 5.74) is 1.06. The molecule has 3 rings (SSSR count). The zero-order chi connectivity index (χ0) is 17.5. The molecule has 1 aromatic heterocycles. The van der Waals surface area contributed by atoms with Gasteiger partial charge in [-0.15, -0.1) is 0 Å². The maximum atomic E-state index is 5.80. The van der Waals surface area contributed by atoms with E-state index in [0.29, 0.717) is 19.1 Å². The summed E-state index contributed by atoms with van der Waals surface area (Å²) in [6.07, 6.45) is 2.66. The SMILES string of the molecule is CCOc1ccc(OCCN(C)c2cc(C3CCOC3)ncn2)cc1. The molecule has 1 atom stereocenters. The molecule has 1 aliphatic heterocycles. The molecule has 0 N–H and O–H groups in total. The highest BCUT2D eigenvalue weighted by Gasteiger charge is 2.20. The van der Waals surface area contributed by atoms with Crippen LogP contribution in [0.25, 0.3) is 0 Å². The molecule has 0 amide bonds. The first-order chi connectivity index (χ1) is 12.3. The summed E-state index contributed by atoms with van der Waals surface area (Å²) in [6.45, 7) is 5.52. The third kappa shape index (κ3) is 4.82. The molecule has 0 radical (unpaired) electrons. The molecule has 1 saturated heterocycles. The minimum Gasteiger partial charge on any atom is -0.494 e. The van der Waals surface area contributed by atoms with Crippen LogP contribution in [0.2, 0.25) is 0 Å². The third-order valence-corrected chi connectivity index (χ3v) is 4.24. The van der Waals surface area contributed by atoms with Gasteiger partial charge in [-0.3, -0.25) is 0 Å². The van der Waals surface area contributed by atoms with Crippen LogP contribution in [0.4, 0.5) is 5.82 Å². The lowest BCUT2D eigenvalue weighted by atomic mass is 10.0. The van der Waals surface area contributed by atoms with Crippen LogP contribution in [0.1, 0.15) is 25.0 Å². The lowest BCUT2D eigenvalue weighted by Crippen LogP contribution is -2.25. The van der Waals surface area contributed by atoms with Gasteiger partial charge in [-0.25, -0.2) is 9.97 Å². The average molecular weight is 343 g/mol. The van der Waals surface area contributed by atoms with Crippen LogP contribution in [-0.2, 0) is 4.74 Å². The van der Waals surface area contributed by atoms with Crippen LogP contribution in [0.15, 0.2) is 36.7 Å². The van der Waals surface area contributed by atoms with Crippen LogP contribution < -0.4 is 14.4 Å². The van der Waals surface area contributed by atoms with Gasteiger partial charge < -0.3 is 19.1 Å². The van der Waals surface area contributed by atoms with Gasteiger partial charge in [-0.2, -0.15) is 0 Å². The monoisotopic (exact) mass is 343 g/mol. The van der Waals surface area contributed by atoms with Gasteiger partial charge in [0.1, 0.15) is 30.3 Å². The molecule has 0 spiro atoms. The fourth-order valence-corrected chi connectivity index (χ4v) is 2.78. The molecule has 2 aromatic rings. The Hall–Kier alpha value is -2.34. The number of hydrogen-bond acceptors (Lipinski definition) is 6. The van der Waals surface area contributed by atoms with E-state index in [1.165, 1.54) is 0 Å². The van der Waals surface area contributed by atoms with Crippen LogP contribution in [0.3, 0.4) is 0 Å². The summed E-state index contributed by atoms with van der Waals surface area (Å²) in [4.78, 5) is 10.8. The van der Waals surface area contributed by atoms with Crippen molar-refractivity contribution in [3.05, 3.63) is 42.4 Å². The van der Waals surface area contributed by atoms with E-state index in [0.717, 1.165) is 49.2 Å². The first kappa shape index (κ1) is 17.5. The van der Waals surface area contributed by atoms with E-state index >= 15 is 0 Å². The molecule has 2 heterocycles. The summed E-state index contributed by atoms with van der Waals surface area (Å²) in [5, 5.41) is 0. The quantitative estimate of drug-likeness (QED) is 0.735. The Morgan fingerprint density at radius 2 is 1.92 bits per heavy atom. The average Bonchev–Trinajstić information content (AvgIpc) is 3.18. The Kier molecular flexibility index (Phi) is 6.06. The van der Waals surface area contributed by atoms with Gasteiger partial charge in [-0.1, -0.05) is 0 Å². The van der Waals surface area contributed by atoms with Crippen molar-refractivity contribution in [2.75, 3.05) is 44.9 Å². The van der Waals surface area contributed by atoms with E-state index in [4.69, 9.17) is 14.2 Å². The number of ether oxygens (including phenoxy) is 3. The van der Waals surface area contributed by atoms with Gasteiger partial charge in [0.05, 0.1) is 25.5 Å². The predicted molar refractivity (Wildman–Crippen MR) is 96.6 cm³/mol. The predicted octanol–water partition coefficient (Wildman–Crippen LogP) is 2.89. The normalized spacial score (nSPS) is 16.6. The Bertz CT molecular complexity index is 657. The number of hydrogen-bond donors (Lipinski definition) is 0. The summed E-state index contributed by atoms with van der Waals surface area (Å²) in [6, 6.07) is 9.74. The largest absolute Gasteiger partial charge is 0.494 e. The minimum absolute atomic E-state index is 0.384. The number of anilines is 1. The Labute approximate surface area is 148 Å². The van der Waals surface area contributed by atoms with Crippen molar-refractivity contribution in [2.24, 2.45) is 0 Å². The second kappa shape index (κ2) is 8.67. The van der Waals surface area contributed by atoms with Crippen molar-refractivity contribution >= 4 is 5.82 Å². The molecule has 1 aromatic carbocycles. The smallest absolute Gasteiger partial charge is 0.132 e. The van der Waals surface area contributed by atoms with Gasteiger partial charge in [0.25, 0.3) is 0 Å². The molecule has 1 aliphatic rings. The van der Waals surface area contributed by atoms with E-state index in [1.807, 2.05) is 38.2 Å². The number of likely N-dealkylation sites (N-methyl/N-ethyl adjacent to an activating group) is 1. The van der Waals surface area contributed by atoms with E-state index < -0.39 is 0 Å². The van der Waals surface area contributed by atoms with Gasteiger partial charge in [0.2, 0.25) is 0 Å². The second-order valence-electron chi connectivity index (χ2n) is 6.04. The van der Waals surface area contributed by atoms with Crippen molar-refractivity contribution in [3.63, 3.8) is 0 Å². The fraction of sp³-hybridized carbons (Fsp3) is 0.474. The van der Waals surface area contributed by atoms with Gasteiger partial charge in [0.15, 0.2) is 0 Å². The minimum atomic E-state index is 0.384. The first-order valence-electron chi connectivity index (χ1n) is 8.72. The summed E-state index contributed by atoms with van der Waals surface area (Å²) >= 11 is 0. The van der Waals surface area contributed by atoms with Crippen molar-refractivity contribution in [3.8, 4) is 11.5 Å². The molecule has 0 aliphatic carbocycles.